The number of aromatic nitrogens is 1. The van der Waals surface area contributed by atoms with Crippen LogP contribution in [0.3, 0.4) is 0 Å². The molecule has 1 aromatic rings. The maximum absolute atomic E-state index is 13.2. The van der Waals surface area contributed by atoms with Gasteiger partial charge in [0, 0.05) is 49.7 Å². The molecule has 3 atom stereocenters. The van der Waals surface area contributed by atoms with Gasteiger partial charge in [0.25, 0.3) is 5.91 Å². The Morgan fingerprint density at radius 1 is 1.04 bits per heavy atom. The van der Waals surface area contributed by atoms with Crippen LogP contribution in [0.1, 0.15) is 42.5 Å². The first-order chi connectivity index (χ1) is 12.2. The molecule has 27 heavy (non-hydrogen) atoms. The first kappa shape index (κ1) is 21.9. The van der Waals surface area contributed by atoms with Crippen molar-refractivity contribution in [2.24, 2.45) is 5.92 Å². The molecule has 3 aliphatic heterocycles. The number of amides is 2. The van der Waals surface area contributed by atoms with Crippen molar-refractivity contribution < 1.29 is 9.59 Å². The Morgan fingerprint density at radius 3 is 2.56 bits per heavy atom. The van der Waals surface area contributed by atoms with Gasteiger partial charge in [0.2, 0.25) is 5.91 Å². The quantitative estimate of drug-likeness (QED) is 0.804. The summed E-state index contributed by atoms with van der Waals surface area (Å²) >= 11 is 0. The number of hydrogen-bond acceptors (Lipinski definition) is 4. The molecule has 6 nitrogen and oxygen atoms in total. The molecule has 4 rings (SSSR count). The van der Waals surface area contributed by atoms with Crippen molar-refractivity contribution in [1.82, 2.24) is 20.1 Å². The fourth-order valence-electron chi connectivity index (χ4n) is 4.59. The number of rotatable bonds is 2. The molecule has 2 amide bonds. The topological polar surface area (TPSA) is 65.5 Å². The lowest BCUT2D eigenvalue weighted by molar-refractivity contribution is -0.139. The number of carbonyl (C=O) groups is 2. The van der Waals surface area contributed by atoms with Crippen molar-refractivity contribution in [3.8, 4) is 0 Å². The van der Waals surface area contributed by atoms with Gasteiger partial charge in [-0.3, -0.25) is 14.6 Å². The molecule has 3 unspecified atom stereocenters. The monoisotopic (exact) mass is 414 g/mol. The van der Waals surface area contributed by atoms with Crippen LogP contribution in [0.5, 0.6) is 0 Å². The van der Waals surface area contributed by atoms with Gasteiger partial charge in [0.05, 0.1) is 5.92 Å². The highest BCUT2D eigenvalue weighted by Crippen LogP contribution is 2.31. The molecular formula is C19H28Cl2N4O2. The Labute approximate surface area is 172 Å². The van der Waals surface area contributed by atoms with E-state index < -0.39 is 0 Å². The minimum Gasteiger partial charge on any atom is -0.338 e. The van der Waals surface area contributed by atoms with Crippen molar-refractivity contribution in [3.63, 3.8) is 0 Å². The highest BCUT2D eigenvalue weighted by atomic mass is 35.5. The number of fused-ring (bicyclic) bond motifs is 2. The van der Waals surface area contributed by atoms with E-state index in [-0.39, 0.29) is 42.5 Å². The van der Waals surface area contributed by atoms with E-state index in [1.807, 2.05) is 4.90 Å². The molecule has 1 aromatic heterocycles. The van der Waals surface area contributed by atoms with E-state index in [1.165, 1.54) is 0 Å². The number of piperidine rings is 1. The molecule has 1 N–H and O–H groups in total. The van der Waals surface area contributed by atoms with Crippen LogP contribution in [0.4, 0.5) is 0 Å². The summed E-state index contributed by atoms with van der Waals surface area (Å²) in [6.45, 7) is 3.19. The van der Waals surface area contributed by atoms with Crippen LogP contribution in [0.25, 0.3) is 0 Å². The first-order valence-corrected chi connectivity index (χ1v) is 9.46. The van der Waals surface area contributed by atoms with Crippen LogP contribution in [0.15, 0.2) is 24.5 Å². The van der Waals surface area contributed by atoms with Gasteiger partial charge in [-0.15, -0.1) is 24.8 Å². The number of nitrogens with zero attached hydrogens (tertiary/aromatic N) is 3. The van der Waals surface area contributed by atoms with Crippen LogP contribution in [0.2, 0.25) is 0 Å². The van der Waals surface area contributed by atoms with Crippen LogP contribution in [0, 0.1) is 5.92 Å². The van der Waals surface area contributed by atoms with E-state index in [0.29, 0.717) is 24.2 Å². The summed E-state index contributed by atoms with van der Waals surface area (Å²) in [7, 11) is 0. The van der Waals surface area contributed by atoms with E-state index in [1.54, 1.807) is 24.5 Å². The molecule has 0 saturated carbocycles. The zero-order valence-electron chi connectivity index (χ0n) is 15.4. The van der Waals surface area contributed by atoms with Crippen LogP contribution >= 0.6 is 24.8 Å². The fourth-order valence-corrected chi connectivity index (χ4v) is 4.59. The Bertz CT molecular complexity index is 632. The lowest BCUT2D eigenvalue weighted by atomic mass is 9.95. The van der Waals surface area contributed by atoms with Gasteiger partial charge in [-0.05, 0) is 50.8 Å². The fraction of sp³-hybridized carbons (Fsp3) is 0.632. The second-order valence-corrected chi connectivity index (χ2v) is 7.45. The number of hydrogen-bond donors (Lipinski definition) is 1. The van der Waals surface area contributed by atoms with E-state index >= 15 is 0 Å². The zero-order chi connectivity index (χ0) is 17.2. The van der Waals surface area contributed by atoms with Crippen LogP contribution in [-0.4, -0.2) is 64.9 Å². The summed E-state index contributed by atoms with van der Waals surface area (Å²) in [5.41, 5.74) is 0.655. The Balaban J connectivity index is 0.00000131. The maximum atomic E-state index is 13.2. The summed E-state index contributed by atoms with van der Waals surface area (Å²) in [5, 5.41) is 3.45. The highest BCUT2D eigenvalue weighted by Gasteiger charge is 2.41. The standard InChI is InChI=1S/C19H26N4O2.2ClH/c24-18(14-5-8-20-9-6-14)22-11-1-2-15(13-22)19(25)23-16-3-4-17(23)12-21-10-7-16;;/h5-6,8-9,15-17,21H,1-4,7,10-13H2;2*1H. The second kappa shape index (κ2) is 9.71. The third kappa shape index (κ3) is 4.55. The number of halogens is 2. The van der Waals surface area contributed by atoms with Crippen molar-refractivity contribution in [1.29, 1.82) is 0 Å². The smallest absolute Gasteiger partial charge is 0.253 e. The lowest BCUT2D eigenvalue weighted by Crippen LogP contribution is -2.50. The van der Waals surface area contributed by atoms with Crippen molar-refractivity contribution in [2.75, 3.05) is 26.2 Å². The summed E-state index contributed by atoms with van der Waals surface area (Å²) in [6.07, 6.45) is 8.36. The molecule has 3 saturated heterocycles. The zero-order valence-corrected chi connectivity index (χ0v) is 17.0. The molecule has 0 aromatic carbocycles. The van der Waals surface area contributed by atoms with E-state index in [9.17, 15) is 9.59 Å². The molecule has 4 heterocycles. The molecule has 3 aliphatic rings. The average Bonchev–Trinajstić information content (AvgIpc) is 2.94. The minimum atomic E-state index is -0.0549. The third-order valence-corrected chi connectivity index (χ3v) is 5.89. The van der Waals surface area contributed by atoms with Gasteiger partial charge in [0.15, 0.2) is 0 Å². The van der Waals surface area contributed by atoms with Gasteiger partial charge >= 0.3 is 0 Å². The normalized spacial score (nSPS) is 27.2. The van der Waals surface area contributed by atoms with Crippen molar-refractivity contribution in [2.45, 2.75) is 44.2 Å². The van der Waals surface area contributed by atoms with Crippen LogP contribution < -0.4 is 5.32 Å². The lowest BCUT2D eigenvalue weighted by Gasteiger charge is -2.37. The van der Waals surface area contributed by atoms with Crippen molar-refractivity contribution in [3.05, 3.63) is 30.1 Å². The third-order valence-electron chi connectivity index (χ3n) is 5.89. The molecule has 0 radical (unpaired) electrons. The van der Waals surface area contributed by atoms with Crippen molar-refractivity contribution >= 4 is 36.6 Å². The summed E-state index contributed by atoms with van der Waals surface area (Å²) in [6, 6.07) is 4.22. The predicted molar refractivity (Wildman–Crippen MR) is 109 cm³/mol. The molecule has 0 aliphatic carbocycles. The summed E-state index contributed by atoms with van der Waals surface area (Å²) < 4.78 is 0. The predicted octanol–water partition coefficient (Wildman–Crippen LogP) is 2.13. The Hall–Kier alpha value is -1.37. The highest BCUT2D eigenvalue weighted by molar-refractivity contribution is 5.94. The van der Waals surface area contributed by atoms with E-state index in [2.05, 4.69) is 15.2 Å². The van der Waals surface area contributed by atoms with Gasteiger partial charge in [0.1, 0.15) is 0 Å². The van der Waals surface area contributed by atoms with Gasteiger partial charge in [-0.1, -0.05) is 0 Å². The molecule has 8 heteroatoms. The summed E-state index contributed by atoms with van der Waals surface area (Å²) in [5.74, 6) is 0.226. The molecule has 3 fully saturated rings. The largest absolute Gasteiger partial charge is 0.338 e. The Kier molecular flexibility index (Phi) is 7.89. The number of pyridine rings is 1. The molecule has 150 valence electrons. The van der Waals surface area contributed by atoms with E-state index in [4.69, 9.17) is 0 Å². The number of nitrogens with one attached hydrogen (secondary N) is 1. The van der Waals surface area contributed by atoms with E-state index in [0.717, 1.165) is 51.7 Å². The van der Waals surface area contributed by atoms with Gasteiger partial charge in [-0.25, -0.2) is 0 Å². The summed E-state index contributed by atoms with van der Waals surface area (Å²) in [4.78, 5) is 33.9. The second-order valence-electron chi connectivity index (χ2n) is 7.45. The van der Waals surface area contributed by atoms with Gasteiger partial charge in [-0.2, -0.15) is 0 Å². The maximum Gasteiger partial charge on any atom is 0.253 e. The molecular weight excluding hydrogens is 387 g/mol. The SMILES string of the molecule is Cl.Cl.O=C(c1ccncc1)N1CCCC(C(=O)N2C3CCNCC2CC3)C1. The average molecular weight is 415 g/mol. The number of carbonyl (C=O) groups excluding carboxylic acids is 2. The Morgan fingerprint density at radius 2 is 1.78 bits per heavy atom. The number of likely N-dealkylation sites (tertiary alicyclic amines) is 1. The minimum absolute atomic E-state index is 0. The van der Waals surface area contributed by atoms with Crippen LogP contribution in [-0.2, 0) is 4.79 Å². The first-order valence-electron chi connectivity index (χ1n) is 9.46. The molecule has 2 bridgehead atoms. The van der Waals surface area contributed by atoms with Gasteiger partial charge < -0.3 is 15.1 Å². The molecule has 0 spiro atoms.